The Labute approximate surface area is 93.7 Å². The van der Waals surface area contributed by atoms with Crippen LogP contribution in [0.25, 0.3) is 0 Å². The summed E-state index contributed by atoms with van der Waals surface area (Å²) in [5.41, 5.74) is 0.312. The minimum atomic E-state index is -0.498. The average molecular weight is 226 g/mol. The van der Waals surface area contributed by atoms with Crippen molar-refractivity contribution in [2.45, 2.75) is 6.92 Å². The van der Waals surface area contributed by atoms with Crippen LogP contribution in [0, 0.1) is 5.92 Å². The minimum absolute atomic E-state index is 0.0500. The molecule has 1 rings (SSSR count). The molecule has 0 amide bonds. The Hall–Kier alpha value is -1.62. The second kappa shape index (κ2) is 5.46. The van der Waals surface area contributed by atoms with E-state index in [0.717, 1.165) is 0 Å². The van der Waals surface area contributed by atoms with Gasteiger partial charge in [-0.2, -0.15) is 0 Å². The summed E-state index contributed by atoms with van der Waals surface area (Å²) in [4.78, 5) is 22.4. The fourth-order valence-electron chi connectivity index (χ4n) is 1.45. The number of rotatable bonds is 4. The third-order valence-electron chi connectivity index (χ3n) is 2.11. The van der Waals surface area contributed by atoms with E-state index in [0.29, 0.717) is 5.57 Å². The predicted molar refractivity (Wildman–Crippen MR) is 55.3 cm³/mol. The molecule has 88 valence electrons. The summed E-state index contributed by atoms with van der Waals surface area (Å²) >= 11 is 0. The maximum atomic E-state index is 11.5. The van der Waals surface area contributed by atoms with E-state index >= 15 is 0 Å². The monoisotopic (exact) mass is 226 g/mol. The molecule has 0 aliphatic carbocycles. The molecule has 5 nitrogen and oxygen atoms in total. The van der Waals surface area contributed by atoms with Gasteiger partial charge < -0.3 is 14.2 Å². The number of carbonyl (C=O) groups excluding carboxylic acids is 2. The number of cyclic esters (lactones) is 1. The van der Waals surface area contributed by atoms with Gasteiger partial charge in [-0.1, -0.05) is 6.08 Å². The van der Waals surface area contributed by atoms with Crippen molar-refractivity contribution in [2.24, 2.45) is 5.92 Å². The second-order valence-corrected chi connectivity index (χ2v) is 3.30. The lowest BCUT2D eigenvalue weighted by Crippen LogP contribution is -2.13. The van der Waals surface area contributed by atoms with Gasteiger partial charge in [0.15, 0.2) is 0 Å². The van der Waals surface area contributed by atoms with Gasteiger partial charge in [0.25, 0.3) is 0 Å². The zero-order chi connectivity index (χ0) is 12.1. The highest BCUT2D eigenvalue weighted by Gasteiger charge is 2.33. The van der Waals surface area contributed by atoms with Crippen molar-refractivity contribution < 1.29 is 23.8 Å². The summed E-state index contributed by atoms with van der Waals surface area (Å²) in [6.45, 7) is 5.14. The predicted octanol–water partition coefficient (Wildman–Crippen LogP) is 0.809. The molecular formula is C11H14O5. The lowest BCUT2D eigenvalue weighted by molar-refractivity contribution is -0.138. The maximum absolute atomic E-state index is 11.5. The fourth-order valence-corrected chi connectivity index (χ4v) is 1.45. The Morgan fingerprint density at radius 3 is 2.88 bits per heavy atom. The van der Waals surface area contributed by atoms with Gasteiger partial charge in [-0.3, -0.25) is 4.79 Å². The first-order valence-corrected chi connectivity index (χ1v) is 4.80. The molecule has 0 spiro atoms. The summed E-state index contributed by atoms with van der Waals surface area (Å²) in [6.07, 6.45) is 1.58. The standard InChI is InChI=1S/C11H14O5/c1-4-8-5-15-11(13)10(8)9(6-14-3)16-7(2)12/h4,8H,1,5-6H2,2-3H3/b10-9-/t8-/m0/s1. The van der Waals surface area contributed by atoms with Crippen LogP contribution in [-0.2, 0) is 23.8 Å². The number of hydrogen-bond donors (Lipinski definition) is 0. The van der Waals surface area contributed by atoms with Gasteiger partial charge in [-0.15, -0.1) is 6.58 Å². The van der Waals surface area contributed by atoms with Gasteiger partial charge in [0, 0.05) is 20.0 Å². The van der Waals surface area contributed by atoms with Gasteiger partial charge in [0.1, 0.15) is 19.0 Å². The smallest absolute Gasteiger partial charge is 0.338 e. The van der Waals surface area contributed by atoms with Crippen molar-refractivity contribution >= 4 is 11.9 Å². The van der Waals surface area contributed by atoms with Crippen LogP contribution >= 0.6 is 0 Å². The number of esters is 2. The molecule has 0 saturated carbocycles. The normalized spacial score (nSPS) is 22.6. The van der Waals surface area contributed by atoms with Crippen LogP contribution in [-0.4, -0.2) is 32.3 Å². The molecule has 1 aliphatic heterocycles. The SMILES string of the molecule is C=C[C@H]1COC(=O)/C1=C(/COC)OC(C)=O. The van der Waals surface area contributed by atoms with Crippen molar-refractivity contribution in [2.75, 3.05) is 20.3 Å². The zero-order valence-corrected chi connectivity index (χ0v) is 9.32. The highest BCUT2D eigenvalue weighted by molar-refractivity contribution is 5.92. The fraction of sp³-hybridized carbons (Fsp3) is 0.455. The third kappa shape index (κ3) is 2.70. The van der Waals surface area contributed by atoms with Gasteiger partial charge >= 0.3 is 11.9 Å². The molecule has 1 aliphatic rings. The molecule has 0 bridgehead atoms. The minimum Gasteiger partial charge on any atom is -0.461 e. The first-order valence-electron chi connectivity index (χ1n) is 4.80. The molecule has 0 aromatic heterocycles. The zero-order valence-electron chi connectivity index (χ0n) is 9.32. The Bertz CT molecular complexity index is 342. The summed E-state index contributed by atoms with van der Waals surface area (Å²) in [5.74, 6) is -1.04. The van der Waals surface area contributed by atoms with Crippen molar-refractivity contribution in [1.29, 1.82) is 0 Å². The van der Waals surface area contributed by atoms with Crippen molar-refractivity contribution in [3.63, 3.8) is 0 Å². The number of ether oxygens (including phenoxy) is 3. The van der Waals surface area contributed by atoms with Crippen molar-refractivity contribution in [3.8, 4) is 0 Å². The Balaban J connectivity index is 3.05. The largest absolute Gasteiger partial charge is 0.461 e. The number of hydrogen-bond acceptors (Lipinski definition) is 5. The van der Waals surface area contributed by atoms with Crippen molar-refractivity contribution in [3.05, 3.63) is 24.0 Å². The molecule has 0 N–H and O–H groups in total. The maximum Gasteiger partial charge on any atom is 0.338 e. The highest BCUT2D eigenvalue weighted by atomic mass is 16.6. The summed E-state index contributed by atoms with van der Waals surface area (Å²) in [5, 5.41) is 0. The third-order valence-corrected chi connectivity index (χ3v) is 2.11. The van der Waals surface area contributed by atoms with Gasteiger partial charge in [-0.05, 0) is 0 Å². The molecule has 0 aromatic rings. The average Bonchev–Trinajstić information content (AvgIpc) is 2.58. The van der Waals surface area contributed by atoms with E-state index in [4.69, 9.17) is 14.2 Å². The summed E-state index contributed by atoms with van der Waals surface area (Å²) < 4.78 is 14.7. The first kappa shape index (κ1) is 12.4. The Morgan fingerprint density at radius 1 is 1.69 bits per heavy atom. The lowest BCUT2D eigenvalue weighted by atomic mass is 10.0. The van der Waals surface area contributed by atoms with Crippen LogP contribution < -0.4 is 0 Å². The van der Waals surface area contributed by atoms with Crippen LogP contribution in [0.2, 0.25) is 0 Å². The molecule has 1 atom stereocenters. The van der Waals surface area contributed by atoms with Crippen LogP contribution in [0.15, 0.2) is 24.0 Å². The summed E-state index contributed by atoms with van der Waals surface area (Å²) in [7, 11) is 1.45. The molecule has 5 heteroatoms. The van der Waals surface area contributed by atoms with Gasteiger partial charge in [-0.25, -0.2) is 4.79 Å². The van der Waals surface area contributed by atoms with E-state index in [1.54, 1.807) is 6.08 Å². The van der Waals surface area contributed by atoms with Crippen LogP contribution in [0.3, 0.4) is 0 Å². The number of carbonyl (C=O) groups is 2. The van der Waals surface area contributed by atoms with Crippen LogP contribution in [0.1, 0.15) is 6.92 Å². The van der Waals surface area contributed by atoms with E-state index in [2.05, 4.69) is 6.58 Å². The molecular weight excluding hydrogens is 212 g/mol. The van der Waals surface area contributed by atoms with E-state index in [1.807, 2.05) is 0 Å². The Morgan fingerprint density at radius 2 is 2.38 bits per heavy atom. The van der Waals surface area contributed by atoms with E-state index in [9.17, 15) is 9.59 Å². The van der Waals surface area contributed by atoms with Gasteiger partial charge in [0.05, 0.1) is 5.57 Å². The molecule has 1 heterocycles. The van der Waals surface area contributed by atoms with Crippen LogP contribution in [0.4, 0.5) is 0 Å². The molecule has 1 saturated heterocycles. The van der Waals surface area contributed by atoms with E-state index in [-0.39, 0.29) is 24.9 Å². The lowest BCUT2D eigenvalue weighted by Gasteiger charge is -2.10. The molecule has 0 radical (unpaired) electrons. The van der Waals surface area contributed by atoms with E-state index < -0.39 is 11.9 Å². The highest BCUT2D eigenvalue weighted by Crippen LogP contribution is 2.26. The van der Waals surface area contributed by atoms with E-state index in [1.165, 1.54) is 14.0 Å². The summed E-state index contributed by atoms with van der Waals surface area (Å²) in [6, 6.07) is 0. The topological polar surface area (TPSA) is 61.8 Å². The molecule has 16 heavy (non-hydrogen) atoms. The molecule has 0 unspecified atom stereocenters. The first-order chi connectivity index (χ1) is 7.60. The van der Waals surface area contributed by atoms with Crippen molar-refractivity contribution in [1.82, 2.24) is 0 Å². The molecule has 0 aromatic carbocycles. The van der Waals surface area contributed by atoms with Gasteiger partial charge in [0.2, 0.25) is 0 Å². The Kier molecular flexibility index (Phi) is 4.25. The quantitative estimate of drug-likeness (QED) is 0.307. The number of methoxy groups -OCH3 is 1. The van der Waals surface area contributed by atoms with Crippen LogP contribution in [0.5, 0.6) is 0 Å². The molecule has 1 fully saturated rings. The second-order valence-electron chi connectivity index (χ2n) is 3.30.